The molecule has 16 heavy (non-hydrogen) atoms. The number of hydrogen-bond donors (Lipinski definition) is 2. The topological polar surface area (TPSA) is 38.0 Å². The fraction of sp³-hybridized carbons (Fsp3) is 1.00. The normalized spacial score (nSPS) is 20.2. The standard InChI is InChI=1S/C14H30N2/c1-12(8-9-15)10-16-11-14(2,3)13-6-4-5-7-13/h12-13,16H,4-11,15H2,1-3H3. The summed E-state index contributed by atoms with van der Waals surface area (Å²) < 4.78 is 0. The van der Waals surface area contributed by atoms with Crippen molar-refractivity contribution in [2.75, 3.05) is 19.6 Å². The fourth-order valence-electron chi connectivity index (χ4n) is 2.88. The molecule has 0 radical (unpaired) electrons. The van der Waals surface area contributed by atoms with Crippen LogP contribution in [0.4, 0.5) is 0 Å². The van der Waals surface area contributed by atoms with Gasteiger partial charge in [0, 0.05) is 6.54 Å². The zero-order chi connectivity index (χ0) is 12.0. The summed E-state index contributed by atoms with van der Waals surface area (Å²) in [6.45, 7) is 10.2. The third-order valence-corrected chi connectivity index (χ3v) is 4.19. The van der Waals surface area contributed by atoms with Gasteiger partial charge < -0.3 is 11.1 Å². The molecule has 0 spiro atoms. The molecule has 0 aliphatic heterocycles. The van der Waals surface area contributed by atoms with E-state index in [-0.39, 0.29) is 0 Å². The molecule has 1 aliphatic carbocycles. The second-order valence-corrected chi connectivity index (χ2v) is 6.28. The first kappa shape index (κ1) is 14.0. The van der Waals surface area contributed by atoms with E-state index in [1.807, 2.05) is 0 Å². The molecule has 0 aromatic heterocycles. The van der Waals surface area contributed by atoms with Gasteiger partial charge in [-0.1, -0.05) is 33.6 Å². The maximum Gasteiger partial charge on any atom is 0.000528 e. The lowest BCUT2D eigenvalue weighted by Gasteiger charge is -2.32. The van der Waals surface area contributed by atoms with Gasteiger partial charge in [-0.15, -0.1) is 0 Å². The Bertz CT molecular complexity index is 183. The quantitative estimate of drug-likeness (QED) is 0.700. The van der Waals surface area contributed by atoms with Crippen LogP contribution in [0.25, 0.3) is 0 Å². The highest BCUT2D eigenvalue weighted by Gasteiger charge is 2.31. The van der Waals surface area contributed by atoms with E-state index < -0.39 is 0 Å². The molecule has 2 nitrogen and oxygen atoms in total. The van der Waals surface area contributed by atoms with Crippen molar-refractivity contribution >= 4 is 0 Å². The molecular formula is C14H30N2. The zero-order valence-corrected chi connectivity index (χ0v) is 11.4. The summed E-state index contributed by atoms with van der Waals surface area (Å²) in [7, 11) is 0. The van der Waals surface area contributed by atoms with Crippen LogP contribution in [0, 0.1) is 17.3 Å². The van der Waals surface area contributed by atoms with E-state index in [2.05, 4.69) is 26.1 Å². The van der Waals surface area contributed by atoms with Crippen LogP contribution in [0.2, 0.25) is 0 Å². The van der Waals surface area contributed by atoms with Crippen LogP contribution in [0.1, 0.15) is 52.9 Å². The lowest BCUT2D eigenvalue weighted by atomic mass is 9.77. The molecule has 1 aliphatic rings. The van der Waals surface area contributed by atoms with Crippen molar-refractivity contribution in [2.24, 2.45) is 23.0 Å². The highest BCUT2D eigenvalue weighted by atomic mass is 14.9. The molecule has 0 aromatic carbocycles. The summed E-state index contributed by atoms with van der Waals surface area (Å²) in [5, 5.41) is 3.63. The fourth-order valence-corrected chi connectivity index (χ4v) is 2.88. The summed E-state index contributed by atoms with van der Waals surface area (Å²) in [5.41, 5.74) is 6.03. The Labute approximate surface area is 101 Å². The van der Waals surface area contributed by atoms with Crippen LogP contribution in [0.3, 0.4) is 0 Å². The average molecular weight is 226 g/mol. The van der Waals surface area contributed by atoms with E-state index in [0.717, 1.165) is 32.0 Å². The van der Waals surface area contributed by atoms with Crippen LogP contribution in [0.5, 0.6) is 0 Å². The summed E-state index contributed by atoms with van der Waals surface area (Å²) in [6, 6.07) is 0. The summed E-state index contributed by atoms with van der Waals surface area (Å²) in [5.74, 6) is 1.65. The van der Waals surface area contributed by atoms with Gasteiger partial charge in [-0.05, 0) is 49.6 Å². The number of rotatable bonds is 7. The predicted octanol–water partition coefficient (Wildman–Crippen LogP) is 2.78. The van der Waals surface area contributed by atoms with Crippen molar-refractivity contribution in [2.45, 2.75) is 52.9 Å². The van der Waals surface area contributed by atoms with E-state index in [9.17, 15) is 0 Å². The molecule has 0 amide bonds. The summed E-state index contributed by atoms with van der Waals surface area (Å²) in [4.78, 5) is 0. The molecule has 0 saturated heterocycles. The van der Waals surface area contributed by atoms with Crippen LogP contribution < -0.4 is 11.1 Å². The SMILES string of the molecule is CC(CCN)CNCC(C)(C)C1CCCC1. The first-order valence-electron chi connectivity index (χ1n) is 6.97. The second kappa shape index (κ2) is 6.61. The minimum Gasteiger partial charge on any atom is -0.330 e. The summed E-state index contributed by atoms with van der Waals surface area (Å²) >= 11 is 0. The van der Waals surface area contributed by atoms with Crippen LogP contribution in [-0.2, 0) is 0 Å². The predicted molar refractivity (Wildman–Crippen MR) is 71.4 cm³/mol. The van der Waals surface area contributed by atoms with Crippen molar-refractivity contribution < 1.29 is 0 Å². The minimum absolute atomic E-state index is 0.471. The monoisotopic (exact) mass is 226 g/mol. The lowest BCUT2D eigenvalue weighted by molar-refractivity contribution is 0.205. The second-order valence-electron chi connectivity index (χ2n) is 6.28. The van der Waals surface area contributed by atoms with Crippen LogP contribution in [0.15, 0.2) is 0 Å². The summed E-state index contributed by atoms with van der Waals surface area (Å²) in [6.07, 6.45) is 6.90. The van der Waals surface area contributed by atoms with E-state index >= 15 is 0 Å². The highest BCUT2D eigenvalue weighted by Crippen LogP contribution is 2.38. The molecule has 1 atom stereocenters. The number of nitrogens with two attached hydrogens (primary N) is 1. The van der Waals surface area contributed by atoms with E-state index in [4.69, 9.17) is 5.73 Å². The minimum atomic E-state index is 0.471. The van der Waals surface area contributed by atoms with Crippen molar-refractivity contribution in [3.8, 4) is 0 Å². The van der Waals surface area contributed by atoms with Gasteiger partial charge in [0.15, 0.2) is 0 Å². The average Bonchev–Trinajstić information content (AvgIpc) is 2.71. The van der Waals surface area contributed by atoms with Crippen LogP contribution >= 0.6 is 0 Å². The third-order valence-electron chi connectivity index (χ3n) is 4.19. The van der Waals surface area contributed by atoms with Gasteiger partial charge in [0.1, 0.15) is 0 Å². The first-order chi connectivity index (χ1) is 7.56. The molecule has 0 bridgehead atoms. The van der Waals surface area contributed by atoms with E-state index in [1.165, 1.54) is 25.7 Å². The maximum absolute atomic E-state index is 5.56. The van der Waals surface area contributed by atoms with Crippen molar-refractivity contribution in [3.05, 3.63) is 0 Å². The van der Waals surface area contributed by atoms with Gasteiger partial charge in [-0.3, -0.25) is 0 Å². The molecule has 0 aromatic rings. The van der Waals surface area contributed by atoms with Gasteiger partial charge >= 0.3 is 0 Å². The molecule has 1 fully saturated rings. The highest BCUT2D eigenvalue weighted by molar-refractivity contribution is 4.84. The Balaban J connectivity index is 2.19. The van der Waals surface area contributed by atoms with Crippen molar-refractivity contribution in [3.63, 3.8) is 0 Å². The first-order valence-corrected chi connectivity index (χ1v) is 6.97. The maximum atomic E-state index is 5.56. The Morgan fingerprint density at radius 1 is 1.31 bits per heavy atom. The molecular weight excluding hydrogens is 196 g/mol. The molecule has 1 rings (SSSR count). The molecule has 2 heteroatoms. The number of nitrogens with one attached hydrogen (secondary N) is 1. The van der Waals surface area contributed by atoms with Gasteiger partial charge in [-0.25, -0.2) is 0 Å². The third kappa shape index (κ3) is 4.42. The lowest BCUT2D eigenvalue weighted by Crippen LogP contribution is -2.36. The Morgan fingerprint density at radius 3 is 2.50 bits per heavy atom. The van der Waals surface area contributed by atoms with Gasteiger partial charge in [0.05, 0.1) is 0 Å². The molecule has 1 saturated carbocycles. The van der Waals surface area contributed by atoms with Crippen LogP contribution in [-0.4, -0.2) is 19.6 Å². The Hall–Kier alpha value is -0.0800. The molecule has 96 valence electrons. The van der Waals surface area contributed by atoms with E-state index in [1.54, 1.807) is 0 Å². The molecule has 1 unspecified atom stereocenters. The molecule has 3 N–H and O–H groups in total. The van der Waals surface area contributed by atoms with E-state index in [0.29, 0.717) is 11.3 Å². The van der Waals surface area contributed by atoms with Gasteiger partial charge in [0.2, 0.25) is 0 Å². The largest absolute Gasteiger partial charge is 0.330 e. The Morgan fingerprint density at radius 2 is 1.94 bits per heavy atom. The van der Waals surface area contributed by atoms with Gasteiger partial charge in [0.25, 0.3) is 0 Å². The Kier molecular flexibility index (Phi) is 5.77. The number of hydrogen-bond acceptors (Lipinski definition) is 2. The van der Waals surface area contributed by atoms with Gasteiger partial charge in [-0.2, -0.15) is 0 Å². The molecule has 0 heterocycles. The zero-order valence-electron chi connectivity index (χ0n) is 11.4. The van der Waals surface area contributed by atoms with Crippen molar-refractivity contribution in [1.82, 2.24) is 5.32 Å². The smallest absolute Gasteiger partial charge is 0.000528 e. The van der Waals surface area contributed by atoms with Crippen molar-refractivity contribution in [1.29, 1.82) is 0 Å².